The number of aliphatic carboxylic acids is 1. The van der Waals surface area contributed by atoms with Crippen LogP contribution < -0.4 is 0 Å². The lowest BCUT2D eigenvalue weighted by molar-refractivity contribution is -0.147. The van der Waals surface area contributed by atoms with E-state index in [0.29, 0.717) is 18.7 Å². The molecule has 120 valence electrons. The van der Waals surface area contributed by atoms with E-state index < -0.39 is 11.4 Å². The number of carbonyl (C=O) groups is 2. The van der Waals surface area contributed by atoms with Gasteiger partial charge in [0.15, 0.2) is 5.69 Å². The standard InChI is InChI=1S/C17H19N3O3/c1-12-10-20(13-6-4-3-5-7-13)18-14(12)15(21)19-9-8-17(2,11-19)16(22)23/h3-7,10H,8-9,11H2,1-2H3,(H,22,23). The van der Waals surface area contributed by atoms with Gasteiger partial charge in [-0.25, -0.2) is 4.68 Å². The Balaban J connectivity index is 1.84. The first-order valence-electron chi connectivity index (χ1n) is 7.55. The molecule has 0 saturated carbocycles. The number of aromatic nitrogens is 2. The van der Waals surface area contributed by atoms with Gasteiger partial charge in [0.1, 0.15) is 0 Å². The average molecular weight is 313 g/mol. The number of aryl methyl sites for hydroxylation is 1. The van der Waals surface area contributed by atoms with Crippen LogP contribution in [0.2, 0.25) is 0 Å². The summed E-state index contributed by atoms with van der Waals surface area (Å²) in [5.74, 6) is -1.07. The Hall–Kier alpha value is -2.63. The molecular weight excluding hydrogens is 294 g/mol. The molecule has 1 N–H and O–H groups in total. The number of hydrogen-bond acceptors (Lipinski definition) is 3. The van der Waals surface area contributed by atoms with E-state index in [1.165, 1.54) is 0 Å². The number of carboxylic acids is 1. The number of carbonyl (C=O) groups excluding carboxylic acids is 1. The van der Waals surface area contributed by atoms with Crippen LogP contribution in [0.1, 0.15) is 29.4 Å². The molecule has 2 aromatic rings. The molecule has 1 unspecified atom stereocenters. The molecule has 1 aromatic heterocycles. The van der Waals surface area contributed by atoms with Crippen molar-refractivity contribution < 1.29 is 14.7 Å². The number of likely N-dealkylation sites (tertiary alicyclic amines) is 1. The number of amides is 1. The summed E-state index contributed by atoms with van der Waals surface area (Å²) in [4.78, 5) is 25.6. The van der Waals surface area contributed by atoms with Crippen molar-refractivity contribution >= 4 is 11.9 Å². The first-order valence-corrected chi connectivity index (χ1v) is 7.55. The summed E-state index contributed by atoms with van der Waals surface area (Å²) in [6.45, 7) is 4.18. The second-order valence-corrected chi connectivity index (χ2v) is 6.28. The molecule has 1 saturated heterocycles. The van der Waals surface area contributed by atoms with Gasteiger partial charge in [-0.2, -0.15) is 5.10 Å². The fourth-order valence-electron chi connectivity index (χ4n) is 2.84. The molecule has 1 aliphatic heterocycles. The predicted octanol–water partition coefficient (Wildman–Crippen LogP) is 2.12. The van der Waals surface area contributed by atoms with E-state index >= 15 is 0 Å². The molecule has 23 heavy (non-hydrogen) atoms. The number of hydrogen-bond donors (Lipinski definition) is 1. The van der Waals surface area contributed by atoms with Gasteiger partial charge in [0, 0.05) is 24.8 Å². The van der Waals surface area contributed by atoms with Crippen LogP contribution in [0, 0.1) is 12.3 Å². The zero-order chi connectivity index (χ0) is 16.6. The highest BCUT2D eigenvalue weighted by atomic mass is 16.4. The summed E-state index contributed by atoms with van der Waals surface area (Å²) in [6.07, 6.45) is 2.28. The van der Waals surface area contributed by atoms with E-state index in [0.717, 1.165) is 11.3 Å². The van der Waals surface area contributed by atoms with Crippen LogP contribution in [0.15, 0.2) is 36.5 Å². The minimum atomic E-state index is -0.869. The third-order valence-electron chi connectivity index (χ3n) is 4.40. The van der Waals surface area contributed by atoms with Gasteiger partial charge in [-0.15, -0.1) is 0 Å². The summed E-state index contributed by atoms with van der Waals surface area (Å²) >= 11 is 0. The van der Waals surface area contributed by atoms with E-state index in [1.54, 1.807) is 16.5 Å². The topological polar surface area (TPSA) is 75.4 Å². The van der Waals surface area contributed by atoms with E-state index in [9.17, 15) is 14.7 Å². The van der Waals surface area contributed by atoms with Crippen LogP contribution in [0.3, 0.4) is 0 Å². The highest BCUT2D eigenvalue weighted by molar-refractivity contribution is 5.94. The zero-order valence-corrected chi connectivity index (χ0v) is 13.2. The molecule has 0 radical (unpaired) electrons. The van der Waals surface area contributed by atoms with Crippen molar-refractivity contribution in [3.8, 4) is 5.69 Å². The van der Waals surface area contributed by atoms with Gasteiger partial charge in [0.2, 0.25) is 0 Å². The largest absolute Gasteiger partial charge is 0.481 e. The van der Waals surface area contributed by atoms with E-state index in [1.807, 2.05) is 43.5 Å². The maximum atomic E-state index is 12.7. The van der Waals surface area contributed by atoms with Crippen molar-refractivity contribution in [2.45, 2.75) is 20.3 Å². The summed E-state index contributed by atoms with van der Waals surface area (Å²) in [6, 6.07) is 9.57. The van der Waals surface area contributed by atoms with Crippen molar-refractivity contribution in [1.82, 2.24) is 14.7 Å². The van der Waals surface area contributed by atoms with Crippen LogP contribution in [0.5, 0.6) is 0 Å². The average Bonchev–Trinajstić information content (AvgIpc) is 3.12. The first kappa shape index (κ1) is 15.3. The lowest BCUT2D eigenvalue weighted by Gasteiger charge is -2.19. The molecule has 2 heterocycles. The minimum Gasteiger partial charge on any atom is -0.481 e. The molecule has 6 heteroatoms. The lowest BCUT2D eigenvalue weighted by atomic mass is 9.90. The second-order valence-electron chi connectivity index (χ2n) is 6.28. The molecule has 3 rings (SSSR count). The second kappa shape index (κ2) is 5.53. The van der Waals surface area contributed by atoms with Gasteiger partial charge < -0.3 is 10.0 Å². The van der Waals surface area contributed by atoms with Crippen molar-refractivity contribution in [3.63, 3.8) is 0 Å². The summed E-state index contributed by atoms with van der Waals surface area (Å²) < 4.78 is 1.68. The van der Waals surface area contributed by atoms with Crippen LogP contribution in [0.4, 0.5) is 0 Å². The molecule has 1 atom stereocenters. The Kier molecular flexibility index (Phi) is 3.67. The number of carboxylic acid groups (broad SMARTS) is 1. The Morgan fingerprint density at radius 1 is 1.26 bits per heavy atom. The van der Waals surface area contributed by atoms with Crippen molar-refractivity contribution in [1.29, 1.82) is 0 Å². The third-order valence-corrected chi connectivity index (χ3v) is 4.40. The fourth-order valence-corrected chi connectivity index (χ4v) is 2.84. The van der Waals surface area contributed by atoms with E-state index in [-0.39, 0.29) is 12.5 Å². The maximum absolute atomic E-state index is 12.7. The van der Waals surface area contributed by atoms with Crippen LogP contribution >= 0.6 is 0 Å². The van der Waals surface area contributed by atoms with Crippen LogP contribution in [-0.4, -0.2) is 44.8 Å². The molecule has 1 aliphatic rings. The Morgan fingerprint density at radius 2 is 1.96 bits per heavy atom. The number of rotatable bonds is 3. The van der Waals surface area contributed by atoms with Gasteiger partial charge in [0.25, 0.3) is 5.91 Å². The molecule has 0 aliphatic carbocycles. The summed E-state index contributed by atoms with van der Waals surface area (Å²) in [5, 5.41) is 13.7. The van der Waals surface area contributed by atoms with Crippen LogP contribution in [0.25, 0.3) is 5.69 Å². The zero-order valence-electron chi connectivity index (χ0n) is 13.2. The Bertz CT molecular complexity index is 754. The normalized spacial score (nSPS) is 20.7. The van der Waals surface area contributed by atoms with Crippen molar-refractivity contribution in [3.05, 3.63) is 47.8 Å². The quantitative estimate of drug-likeness (QED) is 0.942. The Labute approximate surface area is 134 Å². The van der Waals surface area contributed by atoms with Gasteiger partial charge in [-0.05, 0) is 32.4 Å². The fraction of sp³-hybridized carbons (Fsp3) is 0.353. The van der Waals surface area contributed by atoms with Gasteiger partial charge in [0.05, 0.1) is 11.1 Å². The van der Waals surface area contributed by atoms with Gasteiger partial charge >= 0.3 is 5.97 Å². The van der Waals surface area contributed by atoms with Crippen LogP contribution in [-0.2, 0) is 4.79 Å². The highest BCUT2D eigenvalue weighted by Gasteiger charge is 2.42. The number of benzene rings is 1. The van der Waals surface area contributed by atoms with E-state index in [2.05, 4.69) is 5.10 Å². The predicted molar refractivity (Wildman–Crippen MR) is 84.6 cm³/mol. The molecule has 1 aromatic carbocycles. The smallest absolute Gasteiger partial charge is 0.311 e. The molecule has 0 spiro atoms. The molecule has 6 nitrogen and oxygen atoms in total. The highest BCUT2D eigenvalue weighted by Crippen LogP contribution is 2.31. The van der Waals surface area contributed by atoms with Gasteiger partial charge in [-0.1, -0.05) is 18.2 Å². The minimum absolute atomic E-state index is 0.206. The number of nitrogens with zero attached hydrogens (tertiary/aromatic N) is 3. The molecule has 0 bridgehead atoms. The van der Waals surface area contributed by atoms with Crippen molar-refractivity contribution in [2.24, 2.45) is 5.41 Å². The first-order chi connectivity index (χ1) is 10.9. The molecule has 1 amide bonds. The molecule has 1 fully saturated rings. The maximum Gasteiger partial charge on any atom is 0.311 e. The summed E-state index contributed by atoms with van der Waals surface area (Å²) in [7, 11) is 0. The molecular formula is C17H19N3O3. The van der Waals surface area contributed by atoms with E-state index in [4.69, 9.17) is 0 Å². The SMILES string of the molecule is Cc1cn(-c2ccccc2)nc1C(=O)N1CCC(C)(C(=O)O)C1. The van der Waals surface area contributed by atoms with Gasteiger partial charge in [-0.3, -0.25) is 9.59 Å². The monoisotopic (exact) mass is 313 g/mol. The lowest BCUT2D eigenvalue weighted by Crippen LogP contribution is -2.35. The van der Waals surface area contributed by atoms with Crippen molar-refractivity contribution in [2.75, 3.05) is 13.1 Å². The Morgan fingerprint density at radius 3 is 2.57 bits per heavy atom. The summed E-state index contributed by atoms with van der Waals surface area (Å²) in [5.41, 5.74) is 1.17. The third kappa shape index (κ3) is 2.72. The number of para-hydroxylation sites is 1.